The van der Waals surface area contributed by atoms with E-state index in [9.17, 15) is 18.0 Å². The zero-order valence-corrected chi connectivity index (χ0v) is 15.4. The highest BCUT2D eigenvalue weighted by molar-refractivity contribution is 5.93. The minimum Gasteiger partial charge on any atom is -0.493 e. The van der Waals surface area contributed by atoms with Crippen molar-refractivity contribution in [2.75, 3.05) is 31.7 Å². The Balaban J connectivity index is 1.70. The Bertz CT molecular complexity index is 840. The first-order valence-electron chi connectivity index (χ1n) is 8.91. The number of benzene rings is 2. The lowest BCUT2D eigenvalue weighted by atomic mass is 10.1. The van der Waals surface area contributed by atoms with Crippen LogP contribution in [0.4, 0.5) is 23.7 Å². The number of carbonyl (C=O) groups excluding carboxylic acids is 1. The topological polar surface area (TPSA) is 50.8 Å². The largest absolute Gasteiger partial charge is 0.493 e. The number of carbonyl (C=O) groups is 1. The fourth-order valence-electron chi connectivity index (χ4n) is 3.00. The molecule has 1 saturated heterocycles. The van der Waals surface area contributed by atoms with E-state index in [4.69, 9.17) is 9.47 Å². The van der Waals surface area contributed by atoms with Crippen LogP contribution in [-0.2, 0) is 12.6 Å². The molecule has 5 nitrogen and oxygen atoms in total. The molecule has 150 valence electrons. The van der Waals surface area contributed by atoms with Crippen LogP contribution >= 0.6 is 0 Å². The van der Waals surface area contributed by atoms with E-state index in [1.165, 1.54) is 13.2 Å². The number of halogens is 3. The van der Waals surface area contributed by atoms with Gasteiger partial charge in [-0.2, -0.15) is 13.2 Å². The Morgan fingerprint density at radius 2 is 1.96 bits per heavy atom. The predicted octanol–water partition coefficient (Wildman–Crippen LogP) is 4.26. The number of hydrogen-bond acceptors (Lipinski definition) is 3. The lowest BCUT2D eigenvalue weighted by Gasteiger charge is -2.28. The highest BCUT2D eigenvalue weighted by atomic mass is 19.4. The molecule has 3 rings (SSSR count). The zero-order valence-electron chi connectivity index (χ0n) is 15.4. The summed E-state index contributed by atoms with van der Waals surface area (Å²) in [6, 6.07) is 10.2. The minimum atomic E-state index is -4.37. The van der Waals surface area contributed by atoms with Crippen molar-refractivity contribution >= 4 is 11.7 Å². The summed E-state index contributed by atoms with van der Waals surface area (Å²) in [7, 11) is 1.50. The van der Waals surface area contributed by atoms with Gasteiger partial charge in [-0.3, -0.25) is 4.90 Å². The molecule has 1 aliphatic rings. The predicted molar refractivity (Wildman–Crippen MR) is 99.0 cm³/mol. The van der Waals surface area contributed by atoms with Crippen LogP contribution in [0.2, 0.25) is 0 Å². The molecule has 0 radical (unpaired) electrons. The summed E-state index contributed by atoms with van der Waals surface area (Å²) >= 11 is 0. The molecule has 0 atom stereocenters. The molecular formula is C20H21F3N2O3. The number of ether oxygens (including phenoxy) is 2. The zero-order chi connectivity index (χ0) is 20.1. The van der Waals surface area contributed by atoms with Gasteiger partial charge in [0.05, 0.1) is 19.3 Å². The SMILES string of the molecule is COc1ccc(N2CCCNC2=O)cc1OCCc1cccc(C(F)(F)F)c1. The van der Waals surface area contributed by atoms with Crippen LogP contribution in [0.3, 0.4) is 0 Å². The molecule has 0 spiro atoms. The highest BCUT2D eigenvalue weighted by Crippen LogP contribution is 2.33. The first-order valence-corrected chi connectivity index (χ1v) is 8.91. The molecule has 1 heterocycles. The molecule has 1 N–H and O–H groups in total. The third-order valence-corrected chi connectivity index (χ3v) is 4.44. The Morgan fingerprint density at radius 1 is 1.14 bits per heavy atom. The number of urea groups is 1. The van der Waals surface area contributed by atoms with E-state index >= 15 is 0 Å². The summed E-state index contributed by atoms with van der Waals surface area (Å²) in [5.74, 6) is 0.926. The van der Waals surface area contributed by atoms with Gasteiger partial charge >= 0.3 is 12.2 Å². The van der Waals surface area contributed by atoms with Crippen LogP contribution in [-0.4, -0.2) is 32.8 Å². The van der Waals surface area contributed by atoms with Crippen LogP contribution in [0.25, 0.3) is 0 Å². The van der Waals surface area contributed by atoms with Gasteiger partial charge in [0, 0.05) is 31.3 Å². The summed E-state index contributed by atoms with van der Waals surface area (Å²) in [5.41, 5.74) is 0.521. The van der Waals surface area contributed by atoms with Crippen molar-refractivity contribution in [1.29, 1.82) is 0 Å². The number of amides is 2. The standard InChI is InChI=1S/C20H21F3N2O3/c1-27-17-7-6-16(25-10-3-9-24-19(25)26)13-18(17)28-11-8-14-4-2-5-15(12-14)20(21,22)23/h2,4-7,12-13H,3,8-11H2,1H3,(H,24,26). The second-order valence-corrected chi connectivity index (χ2v) is 6.37. The Kier molecular flexibility index (Phi) is 5.96. The summed E-state index contributed by atoms with van der Waals surface area (Å²) in [6.07, 6.45) is -3.23. The Hall–Kier alpha value is -2.90. The third kappa shape index (κ3) is 4.68. The number of alkyl halides is 3. The molecule has 28 heavy (non-hydrogen) atoms. The van der Waals surface area contributed by atoms with Gasteiger partial charge in [0.25, 0.3) is 0 Å². The van der Waals surface area contributed by atoms with Crippen molar-refractivity contribution in [2.45, 2.75) is 19.0 Å². The van der Waals surface area contributed by atoms with Crippen LogP contribution < -0.4 is 19.7 Å². The summed E-state index contributed by atoms with van der Waals surface area (Å²) < 4.78 is 49.5. The van der Waals surface area contributed by atoms with Crippen molar-refractivity contribution in [3.8, 4) is 11.5 Å². The van der Waals surface area contributed by atoms with Crippen molar-refractivity contribution in [3.05, 3.63) is 53.6 Å². The van der Waals surface area contributed by atoms with Gasteiger partial charge in [-0.15, -0.1) is 0 Å². The Labute approximate surface area is 161 Å². The van der Waals surface area contributed by atoms with Crippen molar-refractivity contribution in [3.63, 3.8) is 0 Å². The van der Waals surface area contributed by atoms with E-state index in [-0.39, 0.29) is 12.6 Å². The van der Waals surface area contributed by atoms with Crippen LogP contribution in [0.15, 0.2) is 42.5 Å². The van der Waals surface area contributed by atoms with E-state index in [0.29, 0.717) is 42.3 Å². The van der Waals surface area contributed by atoms with Crippen molar-refractivity contribution < 1.29 is 27.4 Å². The minimum absolute atomic E-state index is 0.174. The molecular weight excluding hydrogens is 373 g/mol. The van der Waals surface area contributed by atoms with Crippen LogP contribution in [0, 0.1) is 0 Å². The Morgan fingerprint density at radius 3 is 2.68 bits per heavy atom. The molecule has 0 aromatic heterocycles. The average Bonchev–Trinajstić information content (AvgIpc) is 2.68. The molecule has 2 amide bonds. The van der Waals surface area contributed by atoms with Crippen molar-refractivity contribution in [1.82, 2.24) is 5.32 Å². The van der Waals surface area contributed by atoms with Gasteiger partial charge in [0.2, 0.25) is 0 Å². The van der Waals surface area contributed by atoms with Crippen LogP contribution in [0.1, 0.15) is 17.5 Å². The van der Waals surface area contributed by atoms with Gasteiger partial charge in [0.1, 0.15) is 0 Å². The van der Waals surface area contributed by atoms with Gasteiger partial charge < -0.3 is 14.8 Å². The third-order valence-electron chi connectivity index (χ3n) is 4.44. The normalized spacial score (nSPS) is 14.6. The lowest BCUT2D eigenvalue weighted by molar-refractivity contribution is -0.137. The first-order chi connectivity index (χ1) is 13.4. The second-order valence-electron chi connectivity index (χ2n) is 6.37. The molecule has 1 aliphatic heterocycles. The van der Waals surface area contributed by atoms with E-state index in [2.05, 4.69) is 5.32 Å². The molecule has 0 saturated carbocycles. The maximum Gasteiger partial charge on any atom is 0.416 e. The lowest BCUT2D eigenvalue weighted by Crippen LogP contribution is -2.46. The number of rotatable bonds is 6. The quantitative estimate of drug-likeness (QED) is 0.797. The van der Waals surface area contributed by atoms with E-state index in [1.54, 1.807) is 29.2 Å². The molecule has 2 aromatic rings. The molecule has 2 aromatic carbocycles. The fourth-order valence-corrected chi connectivity index (χ4v) is 3.00. The van der Waals surface area contributed by atoms with Gasteiger partial charge in [0.15, 0.2) is 11.5 Å². The first kappa shape index (κ1) is 19.9. The number of anilines is 1. The molecule has 1 fully saturated rings. The number of nitrogens with one attached hydrogen (secondary N) is 1. The monoisotopic (exact) mass is 394 g/mol. The van der Waals surface area contributed by atoms with Gasteiger partial charge in [-0.25, -0.2) is 4.79 Å². The highest BCUT2D eigenvalue weighted by Gasteiger charge is 2.30. The van der Waals surface area contributed by atoms with Gasteiger partial charge in [-0.1, -0.05) is 18.2 Å². The van der Waals surface area contributed by atoms with E-state index in [0.717, 1.165) is 18.6 Å². The molecule has 0 unspecified atom stereocenters. The second kappa shape index (κ2) is 8.41. The van der Waals surface area contributed by atoms with E-state index in [1.807, 2.05) is 0 Å². The van der Waals surface area contributed by atoms with Crippen molar-refractivity contribution in [2.24, 2.45) is 0 Å². The fraction of sp³-hybridized carbons (Fsp3) is 0.350. The summed E-state index contributed by atoms with van der Waals surface area (Å²) in [5, 5.41) is 2.78. The summed E-state index contributed by atoms with van der Waals surface area (Å²) in [4.78, 5) is 13.6. The number of hydrogen-bond donors (Lipinski definition) is 1. The van der Waals surface area contributed by atoms with Gasteiger partial charge in [-0.05, 0) is 30.2 Å². The molecule has 0 aliphatic carbocycles. The smallest absolute Gasteiger partial charge is 0.416 e. The maximum absolute atomic E-state index is 12.8. The molecule has 8 heteroatoms. The molecule has 0 bridgehead atoms. The number of nitrogens with zero attached hydrogens (tertiary/aromatic N) is 1. The van der Waals surface area contributed by atoms with Crippen LogP contribution in [0.5, 0.6) is 11.5 Å². The maximum atomic E-state index is 12.8. The number of methoxy groups -OCH3 is 1. The van der Waals surface area contributed by atoms with E-state index < -0.39 is 11.7 Å². The summed E-state index contributed by atoms with van der Waals surface area (Å²) in [6.45, 7) is 1.42. The average molecular weight is 394 g/mol.